The van der Waals surface area contributed by atoms with Crippen molar-refractivity contribution in [3.63, 3.8) is 0 Å². The van der Waals surface area contributed by atoms with E-state index in [9.17, 15) is 5.26 Å². The molecule has 1 spiro atoms. The molecule has 0 fully saturated rings. The molecule has 0 bridgehead atoms. The fourth-order valence-electron chi connectivity index (χ4n) is 9.92. The summed E-state index contributed by atoms with van der Waals surface area (Å²) in [5.74, 6) is 0.441. The molecule has 0 atom stereocenters. The van der Waals surface area contributed by atoms with Crippen molar-refractivity contribution >= 4 is 49.4 Å². The number of nitrogens with zero attached hydrogens (tertiary/aromatic N) is 2. The zero-order valence-corrected chi connectivity index (χ0v) is 30.7. The summed E-state index contributed by atoms with van der Waals surface area (Å²) in [6, 6.07) is 67.0. The summed E-state index contributed by atoms with van der Waals surface area (Å²) in [4.78, 5) is 2.31. The van der Waals surface area contributed by atoms with Crippen LogP contribution in [0.1, 0.15) is 53.1 Å². The number of nitriles is 1. The molecule has 0 radical (unpaired) electrons. The van der Waals surface area contributed by atoms with Gasteiger partial charge in [-0.05, 0) is 137 Å². The van der Waals surface area contributed by atoms with Gasteiger partial charge in [-0.25, -0.2) is 0 Å². The predicted molar refractivity (Wildman–Crippen MR) is 229 cm³/mol. The van der Waals surface area contributed by atoms with Gasteiger partial charge in [-0.15, -0.1) is 0 Å². The number of anilines is 3. The molecule has 0 saturated heterocycles. The Kier molecular flexibility index (Phi) is 6.76. The van der Waals surface area contributed by atoms with Gasteiger partial charge in [-0.3, -0.25) is 0 Å². The molecule has 9 aromatic carbocycles. The number of benzene rings is 9. The highest BCUT2D eigenvalue weighted by Gasteiger charge is 2.53. The largest absolute Gasteiger partial charge is 0.310 e. The maximum absolute atomic E-state index is 9.61. The van der Waals surface area contributed by atoms with Gasteiger partial charge in [0, 0.05) is 17.1 Å². The Bertz CT molecular complexity index is 3030. The van der Waals surface area contributed by atoms with Gasteiger partial charge in [0.2, 0.25) is 0 Å². The summed E-state index contributed by atoms with van der Waals surface area (Å²) in [5.41, 5.74) is 15.3. The lowest BCUT2D eigenvalue weighted by Crippen LogP contribution is -2.26. The molecule has 2 nitrogen and oxygen atoms in total. The average Bonchev–Trinajstić information content (AvgIpc) is 3.72. The van der Waals surface area contributed by atoms with E-state index in [0.717, 1.165) is 17.1 Å². The molecule has 11 rings (SSSR count). The van der Waals surface area contributed by atoms with Gasteiger partial charge in [0.25, 0.3) is 0 Å². The van der Waals surface area contributed by atoms with Gasteiger partial charge < -0.3 is 4.90 Å². The van der Waals surface area contributed by atoms with Gasteiger partial charge in [0.05, 0.1) is 17.0 Å². The van der Waals surface area contributed by atoms with Crippen LogP contribution in [0.2, 0.25) is 0 Å². The van der Waals surface area contributed by atoms with E-state index in [4.69, 9.17) is 0 Å². The third kappa shape index (κ3) is 4.30. The fraction of sp³-hybridized carbons (Fsp3) is 0.0755. The first kappa shape index (κ1) is 31.6. The summed E-state index contributed by atoms with van der Waals surface area (Å²) in [6.45, 7) is 4.46. The first-order valence-corrected chi connectivity index (χ1v) is 19.2. The van der Waals surface area contributed by atoms with Crippen molar-refractivity contribution in [1.29, 1.82) is 5.26 Å². The van der Waals surface area contributed by atoms with E-state index in [1.807, 2.05) is 12.1 Å². The van der Waals surface area contributed by atoms with Gasteiger partial charge in [-0.2, -0.15) is 5.26 Å². The van der Waals surface area contributed by atoms with Crippen LogP contribution in [0.5, 0.6) is 0 Å². The Morgan fingerprint density at radius 3 is 1.65 bits per heavy atom. The summed E-state index contributed by atoms with van der Waals surface area (Å²) in [7, 11) is 0. The normalized spacial score (nSPS) is 13.2. The first-order valence-electron chi connectivity index (χ1n) is 19.2. The smallest absolute Gasteiger partial charge is 0.0991 e. The number of hydrogen-bond donors (Lipinski definition) is 0. The fourth-order valence-corrected chi connectivity index (χ4v) is 9.92. The molecule has 0 amide bonds. The van der Waals surface area contributed by atoms with E-state index in [-0.39, 0.29) is 0 Å². The van der Waals surface area contributed by atoms with Crippen LogP contribution in [0.3, 0.4) is 0 Å². The van der Waals surface area contributed by atoms with E-state index in [1.165, 1.54) is 82.4 Å². The Hall–Kier alpha value is -6.95. The van der Waals surface area contributed by atoms with Crippen molar-refractivity contribution < 1.29 is 0 Å². The molecule has 2 aliphatic rings. The molecular weight excluding hydrogens is 665 g/mol. The molecule has 0 aliphatic heterocycles. The van der Waals surface area contributed by atoms with Crippen LogP contribution in [-0.2, 0) is 5.41 Å². The molecule has 0 heterocycles. The van der Waals surface area contributed by atoms with Crippen LogP contribution >= 0.6 is 0 Å². The van der Waals surface area contributed by atoms with E-state index in [1.54, 1.807) is 0 Å². The van der Waals surface area contributed by atoms with Crippen LogP contribution in [0, 0.1) is 11.3 Å². The minimum absolute atomic E-state index is 0.441. The Morgan fingerprint density at radius 1 is 0.473 bits per heavy atom. The van der Waals surface area contributed by atoms with Crippen molar-refractivity contribution in [3.05, 3.63) is 209 Å². The van der Waals surface area contributed by atoms with E-state index < -0.39 is 5.41 Å². The third-order valence-corrected chi connectivity index (χ3v) is 12.2. The molecule has 2 heteroatoms. The highest BCUT2D eigenvalue weighted by atomic mass is 15.1. The molecule has 258 valence electrons. The molecule has 0 aromatic heterocycles. The van der Waals surface area contributed by atoms with E-state index in [0.29, 0.717) is 11.5 Å². The SMILES string of the molecule is CC(C)c1ccc(N(c2ccc(C#N)cc2)c2ccc3c4c(ccc3c2)-c2c(c3ccccc3c3ccccc23)C42c3ccccc3-c3ccccc32)cc1. The molecule has 9 aromatic rings. The van der Waals surface area contributed by atoms with Crippen LogP contribution in [-0.4, -0.2) is 0 Å². The maximum atomic E-state index is 9.61. The van der Waals surface area contributed by atoms with Crippen LogP contribution in [0.15, 0.2) is 176 Å². The lowest BCUT2D eigenvalue weighted by Gasteiger charge is -2.33. The molecule has 0 unspecified atom stereocenters. The summed E-state index contributed by atoms with van der Waals surface area (Å²) >= 11 is 0. The van der Waals surface area contributed by atoms with Crippen molar-refractivity contribution in [1.82, 2.24) is 0 Å². The second kappa shape index (κ2) is 11.8. The molecular formula is C53H36N2. The first-order chi connectivity index (χ1) is 27.1. The zero-order valence-electron chi connectivity index (χ0n) is 30.7. The summed E-state index contributed by atoms with van der Waals surface area (Å²) in [6.07, 6.45) is 0. The third-order valence-electron chi connectivity index (χ3n) is 12.2. The number of hydrogen-bond acceptors (Lipinski definition) is 2. The van der Waals surface area contributed by atoms with E-state index in [2.05, 4.69) is 189 Å². The molecule has 2 aliphatic carbocycles. The predicted octanol–water partition coefficient (Wildman–Crippen LogP) is 14.0. The molecule has 0 N–H and O–H groups in total. The minimum Gasteiger partial charge on any atom is -0.310 e. The Labute approximate surface area is 321 Å². The number of fused-ring (bicyclic) bond motifs is 17. The van der Waals surface area contributed by atoms with E-state index >= 15 is 0 Å². The standard InChI is InChI=1S/C53H36N2/c1-33(2)35-21-26-38(27-22-35)55(37-24-19-34(32-54)20-25-37)39-28-30-40-36(31-39)23-29-47-50-45-15-5-3-11-41(45)42-12-4-6-16-46(42)52(50)53(51(40)47)48-17-9-7-13-43(48)44-14-8-10-18-49(44)53/h3-31,33H,1-2H3. The lowest BCUT2D eigenvalue weighted by molar-refractivity contribution is 0.809. The Balaban J connectivity index is 1.24. The zero-order chi connectivity index (χ0) is 36.8. The van der Waals surface area contributed by atoms with Crippen LogP contribution in [0.4, 0.5) is 17.1 Å². The maximum Gasteiger partial charge on any atom is 0.0991 e. The minimum atomic E-state index is -0.512. The van der Waals surface area contributed by atoms with Gasteiger partial charge in [0.15, 0.2) is 0 Å². The topological polar surface area (TPSA) is 27.0 Å². The molecule has 0 saturated carbocycles. The van der Waals surface area contributed by atoms with Crippen LogP contribution < -0.4 is 4.90 Å². The highest BCUT2D eigenvalue weighted by molar-refractivity contribution is 6.21. The second-order valence-corrected chi connectivity index (χ2v) is 15.3. The van der Waals surface area contributed by atoms with Crippen molar-refractivity contribution in [2.24, 2.45) is 0 Å². The van der Waals surface area contributed by atoms with Gasteiger partial charge in [0.1, 0.15) is 0 Å². The number of rotatable bonds is 4. The van der Waals surface area contributed by atoms with Crippen molar-refractivity contribution in [2.45, 2.75) is 25.2 Å². The second-order valence-electron chi connectivity index (χ2n) is 15.3. The van der Waals surface area contributed by atoms with Crippen molar-refractivity contribution in [2.75, 3.05) is 4.90 Å². The summed E-state index contributed by atoms with van der Waals surface area (Å²) in [5, 5.41) is 17.2. The van der Waals surface area contributed by atoms with Crippen LogP contribution in [0.25, 0.3) is 54.6 Å². The highest BCUT2D eigenvalue weighted by Crippen LogP contribution is 2.66. The van der Waals surface area contributed by atoms with Gasteiger partial charge in [-0.1, -0.05) is 141 Å². The quantitative estimate of drug-likeness (QED) is 0.171. The van der Waals surface area contributed by atoms with Gasteiger partial charge >= 0.3 is 0 Å². The van der Waals surface area contributed by atoms with Crippen molar-refractivity contribution in [3.8, 4) is 28.3 Å². The lowest BCUT2D eigenvalue weighted by atomic mass is 9.68. The summed E-state index contributed by atoms with van der Waals surface area (Å²) < 4.78 is 0. The average molecular weight is 701 g/mol. The monoisotopic (exact) mass is 700 g/mol. The molecule has 55 heavy (non-hydrogen) atoms. The Morgan fingerprint density at radius 2 is 1.02 bits per heavy atom.